The second-order valence-electron chi connectivity index (χ2n) is 7.87. The van der Waals surface area contributed by atoms with Crippen molar-refractivity contribution in [2.24, 2.45) is 11.8 Å². The van der Waals surface area contributed by atoms with Crippen molar-refractivity contribution in [3.05, 3.63) is 28.3 Å². The van der Waals surface area contributed by atoms with Gasteiger partial charge in [-0.15, -0.1) is 11.3 Å². The largest absolute Gasteiger partial charge is 0.452 e. The van der Waals surface area contributed by atoms with Gasteiger partial charge in [0.2, 0.25) is 5.76 Å². The van der Waals surface area contributed by atoms with Gasteiger partial charge >= 0.3 is 6.18 Å². The number of halogens is 3. The minimum absolute atomic E-state index is 0.0867. The molecule has 0 spiro atoms. The summed E-state index contributed by atoms with van der Waals surface area (Å²) in [5.74, 6) is -0.548. The van der Waals surface area contributed by atoms with E-state index in [1.54, 1.807) is 24.0 Å². The van der Waals surface area contributed by atoms with E-state index in [0.29, 0.717) is 29.3 Å². The van der Waals surface area contributed by atoms with Gasteiger partial charge in [-0.3, -0.25) is 4.79 Å². The molecule has 1 fully saturated rings. The third-order valence-electron chi connectivity index (χ3n) is 5.72. The third kappa shape index (κ3) is 4.77. The van der Waals surface area contributed by atoms with Crippen molar-refractivity contribution in [2.45, 2.75) is 52.6 Å². The van der Waals surface area contributed by atoms with Crippen molar-refractivity contribution < 1.29 is 27.3 Å². The number of thiophene rings is 1. The minimum Gasteiger partial charge on any atom is -0.351 e. The molecule has 164 valence electrons. The van der Waals surface area contributed by atoms with Crippen molar-refractivity contribution in [1.29, 1.82) is 0 Å². The fourth-order valence-electron chi connectivity index (χ4n) is 4.16. The van der Waals surface area contributed by atoms with Gasteiger partial charge in [-0.2, -0.15) is 13.2 Å². The Morgan fingerprint density at radius 1 is 1.37 bits per heavy atom. The van der Waals surface area contributed by atoms with Crippen LogP contribution >= 0.6 is 11.3 Å². The molecular weight excluding hydrogens is 417 g/mol. The third-order valence-corrected chi connectivity index (χ3v) is 6.80. The summed E-state index contributed by atoms with van der Waals surface area (Å²) in [6, 6.07) is 3.23. The summed E-state index contributed by atoms with van der Waals surface area (Å²) in [6.45, 7) is 6.21. The highest BCUT2D eigenvalue weighted by atomic mass is 32.1. The molecule has 1 saturated heterocycles. The van der Waals surface area contributed by atoms with E-state index in [1.165, 1.54) is 6.92 Å². The molecule has 0 radical (unpaired) electrons. The first-order valence-electron chi connectivity index (χ1n) is 10.0. The summed E-state index contributed by atoms with van der Waals surface area (Å²) in [7, 11) is 0. The average Bonchev–Trinajstić information content (AvgIpc) is 3.31. The SMILES string of the molecule is CCC(CC(C)=O)[C@@H]1CCCN(C(=O)c2ccc(-c3noc(C(F)(F)F)c3C)s2)C1. The molecule has 1 amide bonds. The number of ketones is 1. The van der Waals surface area contributed by atoms with Crippen LogP contribution in [0.3, 0.4) is 0 Å². The maximum absolute atomic E-state index is 13.0. The lowest BCUT2D eigenvalue weighted by Crippen LogP contribution is -2.42. The van der Waals surface area contributed by atoms with Gasteiger partial charge in [-0.25, -0.2) is 0 Å². The first-order valence-corrected chi connectivity index (χ1v) is 10.9. The lowest BCUT2D eigenvalue weighted by molar-refractivity contribution is -0.156. The van der Waals surface area contributed by atoms with Crippen molar-refractivity contribution in [1.82, 2.24) is 10.1 Å². The zero-order valence-electron chi connectivity index (χ0n) is 17.2. The summed E-state index contributed by atoms with van der Waals surface area (Å²) in [5.41, 5.74) is 0.0202. The van der Waals surface area contributed by atoms with Crippen LogP contribution in [-0.2, 0) is 11.0 Å². The first-order chi connectivity index (χ1) is 14.1. The number of piperidine rings is 1. The maximum atomic E-state index is 13.0. The second-order valence-corrected chi connectivity index (χ2v) is 8.96. The van der Waals surface area contributed by atoms with Gasteiger partial charge in [0.15, 0.2) is 0 Å². The number of nitrogens with zero attached hydrogens (tertiary/aromatic N) is 2. The number of likely N-dealkylation sites (tertiary alicyclic amines) is 1. The van der Waals surface area contributed by atoms with E-state index in [2.05, 4.69) is 16.6 Å². The Morgan fingerprint density at radius 3 is 2.70 bits per heavy atom. The fraction of sp³-hybridized carbons (Fsp3) is 0.571. The molecule has 2 atom stereocenters. The van der Waals surface area contributed by atoms with E-state index < -0.39 is 11.9 Å². The highest BCUT2D eigenvalue weighted by Crippen LogP contribution is 2.38. The van der Waals surface area contributed by atoms with Crippen LogP contribution in [0.2, 0.25) is 0 Å². The van der Waals surface area contributed by atoms with Crippen molar-refractivity contribution in [2.75, 3.05) is 13.1 Å². The summed E-state index contributed by atoms with van der Waals surface area (Å²) in [5, 5.41) is 3.57. The maximum Gasteiger partial charge on any atom is 0.452 e. The molecule has 30 heavy (non-hydrogen) atoms. The van der Waals surface area contributed by atoms with Crippen LogP contribution < -0.4 is 0 Å². The molecule has 9 heteroatoms. The summed E-state index contributed by atoms with van der Waals surface area (Å²) >= 11 is 1.12. The highest BCUT2D eigenvalue weighted by Gasteiger charge is 2.39. The molecule has 2 aromatic heterocycles. The Balaban J connectivity index is 1.75. The average molecular weight is 443 g/mol. The van der Waals surface area contributed by atoms with Crippen molar-refractivity contribution in [3.8, 4) is 10.6 Å². The fourth-order valence-corrected chi connectivity index (χ4v) is 5.17. The Kier molecular flexibility index (Phi) is 6.69. The standard InChI is InChI=1S/C21H25F3N2O3S/c1-4-14(10-12(2)27)15-6-5-9-26(11-15)20(28)17-8-7-16(30-17)18-13(3)19(29-25-18)21(22,23)24/h7-8,14-15H,4-6,9-11H2,1-3H3/t14?,15-/m1/s1. The van der Waals surface area contributed by atoms with E-state index in [0.717, 1.165) is 30.6 Å². The number of carbonyl (C=O) groups is 2. The Labute approximate surface area is 177 Å². The molecule has 0 bridgehead atoms. The number of amides is 1. The van der Waals surface area contributed by atoms with Crippen LogP contribution in [0.4, 0.5) is 13.2 Å². The van der Waals surface area contributed by atoms with E-state index in [1.807, 2.05) is 0 Å². The van der Waals surface area contributed by atoms with Gasteiger partial charge in [-0.1, -0.05) is 18.5 Å². The number of hydrogen-bond donors (Lipinski definition) is 0. The van der Waals surface area contributed by atoms with Gasteiger partial charge in [0.25, 0.3) is 5.91 Å². The normalized spacial score (nSPS) is 18.5. The number of hydrogen-bond acceptors (Lipinski definition) is 5. The van der Waals surface area contributed by atoms with Gasteiger partial charge in [0.1, 0.15) is 11.5 Å². The smallest absolute Gasteiger partial charge is 0.351 e. The predicted octanol–water partition coefficient (Wildman–Crippen LogP) is 5.59. The van der Waals surface area contributed by atoms with Gasteiger partial charge in [0.05, 0.1) is 9.75 Å². The lowest BCUT2D eigenvalue weighted by Gasteiger charge is -2.36. The molecule has 5 nitrogen and oxygen atoms in total. The number of aromatic nitrogens is 1. The molecule has 3 rings (SSSR count). The zero-order chi connectivity index (χ0) is 22.1. The second kappa shape index (κ2) is 8.91. The quantitative estimate of drug-likeness (QED) is 0.585. The van der Waals surface area contributed by atoms with Gasteiger partial charge in [0, 0.05) is 25.1 Å². The van der Waals surface area contributed by atoms with E-state index in [-0.39, 0.29) is 34.8 Å². The molecule has 3 heterocycles. The molecule has 0 saturated carbocycles. The van der Waals surface area contributed by atoms with Crippen LogP contribution in [0.15, 0.2) is 16.7 Å². The van der Waals surface area contributed by atoms with Crippen LogP contribution in [-0.4, -0.2) is 34.8 Å². The Bertz CT molecular complexity index is 919. The number of carbonyl (C=O) groups excluding carboxylic acids is 2. The van der Waals surface area contributed by atoms with Crippen molar-refractivity contribution >= 4 is 23.0 Å². The lowest BCUT2D eigenvalue weighted by atomic mass is 9.81. The molecular formula is C21H25F3N2O3S. The van der Waals surface area contributed by atoms with Gasteiger partial charge < -0.3 is 14.2 Å². The summed E-state index contributed by atoms with van der Waals surface area (Å²) < 4.78 is 43.3. The van der Waals surface area contributed by atoms with Crippen LogP contribution in [0.5, 0.6) is 0 Å². The molecule has 0 aliphatic carbocycles. The van der Waals surface area contributed by atoms with Crippen molar-refractivity contribution in [3.63, 3.8) is 0 Å². The monoisotopic (exact) mass is 442 g/mol. The Morgan fingerprint density at radius 2 is 2.10 bits per heavy atom. The number of Topliss-reactive ketones (excluding diaryl/α,β-unsaturated/α-hetero) is 1. The molecule has 1 aliphatic heterocycles. The van der Waals surface area contributed by atoms with Crippen LogP contribution in [0.1, 0.15) is 60.5 Å². The molecule has 0 N–H and O–H groups in total. The summed E-state index contributed by atoms with van der Waals surface area (Å²) in [4.78, 5) is 27.3. The minimum atomic E-state index is -4.61. The van der Waals surface area contributed by atoms with E-state index in [9.17, 15) is 22.8 Å². The van der Waals surface area contributed by atoms with E-state index in [4.69, 9.17) is 0 Å². The molecule has 1 unspecified atom stereocenters. The van der Waals surface area contributed by atoms with E-state index >= 15 is 0 Å². The molecule has 0 aromatic carbocycles. The topological polar surface area (TPSA) is 63.4 Å². The summed E-state index contributed by atoms with van der Waals surface area (Å²) in [6.07, 6.45) is -1.32. The van der Waals surface area contributed by atoms with Crippen LogP contribution in [0.25, 0.3) is 10.6 Å². The highest BCUT2D eigenvalue weighted by molar-refractivity contribution is 7.17. The zero-order valence-corrected chi connectivity index (χ0v) is 18.0. The Hall–Kier alpha value is -2.16. The predicted molar refractivity (Wildman–Crippen MR) is 107 cm³/mol. The molecule has 2 aromatic rings. The number of alkyl halides is 3. The van der Waals surface area contributed by atoms with Crippen LogP contribution in [0, 0.1) is 18.8 Å². The first kappa shape index (κ1) is 22.5. The van der Waals surface area contributed by atoms with Gasteiger partial charge in [-0.05, 0) is 50.7 Å². The number of rotatable bonds is 6. The molecule has 1 aliphatic rings.